The van der Waals surface area contributed by atoms with Crippen LogP contribution in [0.25, 0.3) is 22.0 Å². The van der Waals surface area contributed by atoms with Crippen molar-refractivity contribution in [2.75, 3.05) is 36.5 Å². The number of aromatic amines is 1. The fourth-order valence-electron chi connectivity index (χ4n) is 5.83. The summed E-state index contributed by atoms with van der Waals surface area (Å²) in [6, 6.07) is 19.7. The number of aromatic nitrogens is 1. The van der Waals surface area contributed by atoms with Gasteiger partial charge in [-0.25, -0.2) is 0 Å². The zero-order valence-corrected chi connectivity index (χ0v) is 21.2. The van der Waals surface area contributed by atoms with Gasteiger partial charge in [-0.3, -0.25) is 9.59 Å². The number of fused-ring (bicyclic) bond motifs is 2. The molecule has 0 bridgehead atoms. The third-order valence-electron chi connectivity index (χ3n) is 7.81. The van der Waals surface area contributed by atoms with E-state index in [1.165, 1.54) is 0 Å². The summed E-state index contributed by atoms with van der Waals surface area (Å²) in [5.41, 5.74) is 11.1. The number of primary amides is 1. The maximum atomic E-state index is 13.8. The van der Waals surface area contributed by atoms with Crippen LogP contribution in [-0.4, -0.2) is 43.5 Å². The second kappa shape index (κ2) is 8.40. The molecule has 2 aliphatic rings. The lowest BCUT2D eigenvalue weighted by molar-refractivity contribution is -0.122. The molecule has 37 heavy (non-hydrogen) atoms. The number of hydrogen-bond donors (Lipinski definition) is 2. The molecule has 0 spiro atoms. The Balaban J connectivity index is 1.36. The van der Waals surface area contributed by atoms with Crippen LogP contribution in [0, 0.1) is 5.92 Å². The van der Waals surface area contributed by atoms with E-state index in [1.807, 2.05) is 67.4 Å². The summed E-state index contributed by atoms with van der Waals surface area (Å²) in [7, 11) is 1.66. The molecule has 0 saturated carbocycles. The Hall–Kier alpha value is -4.26. The number of carbonyl (C=O) groups excluding carboxylic acids is 2. The molecule has 7 heteroatoms. The standard InChI is InChI=1S/C30H30N4O3/c1-30(2)27-23(24-14-32-25-7-5-4-6-22(24)25)12-19(28(31)35)13-26(27)34(29(30)36)17-18-15-33(16-18)20-8-10-21(37-3)11-9-20/h4-14,18,32H,15-17H2,1-3H3,(H2,31,35). The minimum atomic E-state index is -0.737. The van der Waals surface area contributed by atoms with E-state index in [0.717, 1.165) is 57.8 Å². The number of hydrogen-bond acceptors (Lipinski definition) is 4. The normalized spacial score (nSPS) is 16.7. The second-order valence-electron chi connectivity index (χ2n) is 10.5. The van der Waals surface area contributed by atoms with Crippen LogP contribution in [0.1, 0.15) is 29.8 Å². The van der Waals surface area contributed by atoms with E-state index in [9.17, 15) is 9.59 Å². The Morgan fingerprint density at radius 2 is 1.81 bits per heavy atom. The maximum Gasteiger partial charge on any atom is 0.248 e. The lowest BCUT2D eigenvalue weighted by atomic mass is 9.80. The van der Waals surface area contributed by atoms with Crippen molar-refractivity contribution in [3.05, 3.63) is 78.0 Å². The zero-order chi connectivity index (χ0) is 25.9. The average molecular weight is 495 g/mol. The summed E-state index contributed by atoms with van der Waals surface area (Å²) in [5, 5.41) is 1.04. The molecular weight excluding hydrogens is 464 g/mol. The summed E-state index contributed by atoms with van der Waals surface area (Å²) in [6.45, 7) is 6.26. The van der Waals surface area contributed by atoms with Gasteiger partial charge in [0.2, 0.25) is 11.8 Å². The van der Waals surface area contributed by atoms with Gasteiger partial charge in [0, 0.05) is 65.2 Å². The lowest BCUT2D eigenvalue weighted by Gasteiger charge is -2.43. The number of amides is 2. The molecule has 0 radical (unpaired) electrons. The van der Waals surface area contributed by atoms with Gasteiger partial charge in [0.1, 0.15) is 5.75 Å². The largest absolute Gasteiger partial charge is 0.497 e. The molecule has 188 valence electrons. The minimum absolute atomic E-state index is 0.0492. The Labute approximate surface area is 215 Å². The van der Waals surface area contributed by atoms with E-state index in [2.05, 4.69) is 22.0 Å². The lowest BCUT2D eigenvalue weighted by Crippen LogP contribution is -2.53. The number of anilines is 2. The minimum Gasteiger partial charge on any atom is -0.497 e. The number of nitrogens with zero attached hydrogens (tertiary/aromatic N) is 2. The number of benzene rings is 3. The predicted octanol–water partition coefficient (Wildman–Crippen LogP) is 4.70. The van der Waals surface area contributed by atoms with Crippen LogP contribution in [0.4, 0.5) is 11.4 Å². The summed E-state index contributed by atoms with van der Waals surface area (Å²) in [5.74, 6) is 0.698. The SMILES string of the molecule is COc1ccc(N2CC(CN3C(=O)C(C)(C)c4c(-c5c[nH]c6ccccc56)cc(C(N)=O)cc43)C2)cc1. The van der Waals surface area contributed by atoms with Crippen LogP contribution in [0.3, 0.4) is 0 Å². The van der Waals surface area contributed by atoms with Crippen LogP contribution in [0.2, 0.25) is 0 Å². The first-order valence-corrected chi connectivity index (χ1v) is 12.5. The number of rotatable bonds is 6. The molecule has 2 amide bonds. The molecular formula is C30H30N4O3. The molecule has 1 saturated heterocycles. The van der Waals surface area contributed by atoms with Gasteiger partial charge in [-0.15, -0.1) is 0 Å². The summed E-state index contributed by atoms with van der Waals surface area (Å²) >= 11 is 0. The summed E-state index contributed by atoms with van der Waals surface area (Å²) in [4.78, 5) is 33.7. The van der Waals surface area contributed by atoms with Gasteiger partial charge in [-0.1, -0.05) is 18.2 Å². The second-order valence-corrected chi connectivity index (χ2v) is 10.5. The smallest absolute Gasteiger partial charge is 0.248 e. The van der Waals surface area contributed by atoms with Crippen LogP contribution in [-0.2, 0) is 10.2 Å². The molecule has 0 unspecified atom stereocenters. The number of H-pyrrole nitrogens is 1. The van der Waals surface area contributed by atoms with Gasteiger partial charge in [-0.2, -0.15) is 0 Å². The molecule has 4 aromatic rings. The van der Waals surface area contributed by atoms with Gasteiger partial charge in [0.05, 0.1) is 12.5 Å². The third kappa shape index (κ3) is 3.65. The van der Waals surface area contributed by atoms with Gasteiger partial charge in [0.15, 0.2) is 0 Å². The highest BCUT2D eigenvalue weighted by molar-refractivity contribution is 6.13. The average Bonchev–Trinajstić information content (AvgIpc) is 3.38. The van der Waals surface area contributed by atoms with Crippen LogP contribution in [0.5, 0.6) is 5.75 Å². The number of para-hydroxylation sites is 1. The zero-order valence-electron chi connectivity index (χ0n) is 21.2. The molecule has 1 fully saturated rings. The Kier molecular flexibility index (Phi) is 5.26. The Morgan fingerprint density at radius 3 is 2.51 bits per heavy atom. The van der Waals surface area contributed by atoms with E-state index in [1.54, 1.807) is 13.2 Å². The summed E-state index contributed by atoms with van der Waals surface area (Å²) in [6.07, 6.45) is 1.95. The Bertz CT molecular complexity index is 1530. The van der Waals surface area contributed by atoms with Crippen molar-refractivity contribution in [2.45, 2.75) is 19.3 Å². The molecule has 1 aromatic heterocycles. The number of ether oxygens (including phenoxy) is 1. The number of methoxy groups -OCH3 is 1. The summed E-state index contributed by atoms with van der Waals surface area (Å²) < 4.78 is 5.26. The van der Waals surface area contributed by atoms with Crippen molar-refractivity contribution in [3.63, 3.8) is 0 Å². The van der Waals surface area contributed by atoms with Crippen molar-refractivity contribution in [1.29, 1.82) is 0 Å². The topological polar surface area (TPSA) is 91.7 Å². The van der Waals surface area contributed by atoms with E-state index >= 15 is 0 Å². The molecule has 2 aliphatic heterocycles. The molecule has 3 heterocycles. The van der Waals surface area contributed by atoms with Crippen molar-refractivity contribution in [3.8, 4) is 16.9 Å². The quantitative estimate of drug-likeness (QED) is 0.406. The number of nitrogens with two attached hydrogens (primary N) is 1. The molecule has 0 aliphatic carbocycles. The van der Waals surface area contributed by atoms with Crippen molar-refractivity contribution >= 4 is 34.1 Å². The highest BCUT2D eigenvalue weighted by atomic mass is 16.5. The first-order valence-electron chi connectivity index (χ1n) is 12.5. The van der Waals surface area contributed by atoms with Crippen molar-refractivity contribution in [1.82, 2.24) is 4.98 Å². The predicted molar refractivity (Wildman–Crippen MR) is 146 cm³/mol. The number of carbonyl (C=O) groups is 2. The molecule has 0 atom stereocenters. The molecule has 7 nitrogen and oxygen atoms in total. The highest BCUT2D eigenvalue weighted by Gasteiger charge is 2.47. The van der Waals surface area contributed by atoms with Gasteiger partial charge in [0.25, 0.3) is 0 Å². The van der Waals surface area contributed by atoms with E-state index in [0.29, 0.717) is 18.0 Å². The van der Waals surface area contributed by atoms with E-state index < -0.39 is 11.3 Å². The maximum absolute atomic E-state index is 13.8. The highest BCUT2D eigenvalue weighted by Crippen LogP contribution is 2.49. The Morgan fingerprint density at radius 1 is 1.08 bits per heavy atom. The van der Waals surface area contributed by atoms with Gasteiger partial charge in [-0.05, 0) is 67.4 Å². The van der Waals surface area contributed by atoms with Crippen LogP contribution in [0.15, 0.2) is 66.9 Å². The van der Waals surface area contributed by atoms with Crippen LogP contribution >= 0.6 is 0 Å². The molecule has 6 rings (SSSR count). The first kappa shape index (κ1) is 23.2. The van der Waals surface area contributed by atoms with E-state index in [-0.39, 0.29) is 5.91 Å². The van der Waals surface area contributed by atoms with Crippen molar-refractivity contribution < 1.29 is 14.3 Å². The van der Waals surface area contributed by atoms with E-state index in [4.69, 9.17) is 10.5 Å². The molecule has 3 N–H and O–H groups in total. The number of nitrogens with one attached hydrogen (secondary N) is 1. The van der Waals surface area contributed by atoms with Gasteiger partial charge >= 0.3 is 0 Å². The third-order valence-corrected chi connectivity index (χ3v) is 7.81. The fraction of sp³-hybridized carbons (Fsp3) is 0.267. The van der Waals surface area contributed by atoms with Crippen LogP contribution < -0.4 is 20.3 Å². The fourth-order valence-corrected chi connectivity index (χ4v) is 5.83. The molecule has 3 aromatic carbocycles. The van der Waals surface area contributed by atoms with Crippen molar-refractivity contribution in [2.24, 2.45) is 11.7 Å². The monoisotopic (exact) mass is 494 g/mol. The first-order chi connectivity index (χ1) is 17.8. The van der Waals surface area contributed by atoms with Gasteiger partial charge < -0.3 is 25.3 Å².